The summed E-state index contributed by atoms with van der Waals surface area (Å²) in [7, 11) is 0. The van der Waals surface area contributed by atoms with E-state index < -0.39 is 0 Å². The molecule has 0 aliphatic rings. The van der Waals surface area contributed by atoms with Crippen molar-refractivity contribution in [2.24, 2.45) is 5.73 Å². The molecule has 16 heavy (non-hydrogen) atoms. The molecule has 1 unspecified atom stereocenters. The fraction of sp³-hybridized carbons (Fsp3) is 0.250. The van der Waals surface area contributed by atoms with Crippen LogP contribution in [0.4, 0.5) is 0 Å². The number of aromatic nitrogens is 2. The quantitative estimate of drug-likeness (QED) is 0.939. The van der Waals surface area contributed by atoms with Crippen LogP contribution >= 0.6 is 15.9 Å². The molecule has 3 nitrogen and oxygen atoms in total. The third-order valence-electron chi connectivity index (χ3n) is 2.32. The van der Waals surface area contributed by atoms with E-state index in [0.29, 0.717) is 0 Å². The summed E-state index contributed by atoms with van der Waals surface area (Å²) < 4.78 is 3.14. The van der Waals surface area contributed by atoms with E-state index in [1.165, 1.54) is 0 Å². The maximum absolute atomic E-state index is 5.80. The van der Waals surface area contributed by atoms with Crippen LogP contribution in [0.3, 0.4) is 0 Å². The first-order chi connectivity index (χ1) is 7.66. The van der Waals surface area contributed by atoms with Gasteiger partial charge in [-0.05, 0) is 19.1 Å². The van der Waals surface area contributed by atoms with Crippen LogP contribution in [-0.2, 0) is 6.54 Å². The topological polar surface area (TPSA) is 43.8 Å². The highest BCUT2D eigenvalue weighted by Gasteiger charge is 2.06. The lowest BCUT2D eigenvalue weighted by Gasteiger charge is -2.10. The Labute approximate surface area is 103 Å². The Kier molecular flexibility index (Phi) is 3.41. The summed E-state index contributed by atoms with van der Waals surface area (Å²) in [4.78, 5) is 4.17. The van der Waals surface area contributed by atoms with Gasteiger partial charge in [0.1, 0.15) is 0 Å². The summed E-state index contributed by atoms with van der Waals surface area (Å²) in [6, 6.07) is 8.30. The van der Waals surface area contributed by atoms with Crippen molar-refractivity contribution in [3.05, 3.63) is 41.3 Å². The Morgan fingerprint density at radius 1 is 1.50 bits per heavy atom. The molecule has 0 fully saturated rings. The number of hydrogen-bond acceptors (Lipinski definition) is 2. The van der Waals surface area contributed by atoms with Crippen molar-refractivity contribution < 1.29 is 0 Å². The Hall–Kier alpha value is -1.13. The summed E-state index contributed by atoms with van der Waals surface area (Å²) in [5.41, 5.74) is 8.04. The lowest BCUT2D eigenvalue weighted by Crippen LogP contribution is -2.22. The smallest absolute Gasteiger partial charge is 0.0951 e. The van der Waals surface area contributed by atoms with Gasteiger partial charge in [0.05, 0.1) is 18.2 Å². The zero-order chi connectivity index (χ0) is 11.5. The number of rotatable bonds is 3. The van der Waals surface area contributed by atoms with Crippen molar-refractivity contribution in [3.63, 3.8) is 0 Å². The Morgan fingerprint density at radius 2 is 2.31 bits per heavy atom. The highest BCUT2D eigenvalue weighted by Crippen LogP contribution is 2.22. The van der Waals surface area contributed by atoms with Gasteiger partial charge in [-0.15, -0.1) is 0 Å². The molecule has 0 saturated heterocycles. The van der Waals surface area contributed by atoms with Crippen LogP contribution in [0.15, 0.2) is 41.3 Å². The maximum Gasteiger partial charge on any atom is 0.0951 e. The van der Waals surface area contributed by atoms with Crippen molar-refractivity contribution in [3.8, 4) is 11.3 Å². The minimum Gasteiger partial charge on any atom is -0.329 e. The van der Waals surface area contributed by atoms with Crippen molar-refractivity contribution in [2.45, 2.75) is 19.5 Å². The van der Waals surface area contributed by atoms with Crippen LogP contribution in [0.2, 0.25) is 0 Å². The largest absolute Gasteiger partial charge is 0.329 e. The number of halogens is 1. The van der Waals surface area contributed by atoms with E-state index in [1.807, 2.05) is 31.6 Å². The Morgan fingerprint density at radius 3 is 3.00 bits per heavy atom. The van der Waals surface area contributed by atoms with Gasteiger partial charge in [0.2, 0.25) is 0 Å². The maximum atomic E-state index is 5.80. The molecule has 1 aromatic carbocycles. The molecular weight excluding hydrogens is 266 g/mol. The molecule has 0 amide bonds. The average molecular weight is 280 g/mol. The SMILES string of the molecule is CC(N)Cn1cncc1-c1cccc(Br)c1. The van der Waals surface area contributed by atoms with Crippen LogP contribution in [-0.4, -0.2) is 15.6 Å². The molecule has 1 atom stereocenters. The van der Waals surface area contributed by atoms with Crippen LogP contribution < -0.4 is 5.73 Å². The normalized spacial score (nSPS) is 12.7. The number of hydrogen-bond donors (Lipinski definition) is 1. The molecule has 0 saturated carbocycles. The van der Waals surface area contributed by atoms with Crippen LogP contribution in [0.1, 0.15) is 6.92 Å². The third-order valence-corrected chi connectivity index (χ3v) is 2.81. The summed E-state index contributed by atoms with van der Waals surface area (Å²) in [6.45, 7) is 2.77. The second kappa shape index (κ2) is 4.80. The lowest BCUT2D eigenvalue weighted by atomic mass is 10.1. The van der Waals surface area contributed by atoms with Gasteiger partial charge in [-0.25, -0.2) is 4.98 Å². The molecule has 0 radical (unpaired) electrons. The van der Waals surface area contributed by atoms with Gasteiger partial charge < -0.3 is 10.3 Å². The van der Waals surface area contributed by atoms with Gasteiger partial charge in [-0.2, -0.15) is 0 Å². The molecular formula is C12H14BrN3. The monoisotopic (exact) mass is 279 g/mol. The molecule has 0 bridgehead atoms. The minimum atomic E-state index is 0.125. The van der Waals surface area contributed by atoms with E-state index in [1.54, 1.807) is 0 Å². The van der Waals surface area contributed by atoms with E-state index in [2.05, 4.69) is 37.6 Å². The molecule has 1 heterocycles. The van der Waals surface area contributed by atoms with Crippen molar-refractivity contribution in [2.75, 3.05) is 0 Å². The molecule has 0 aliphatic heterocycles. The molecule has 1 aromatic heterocycles. The minimum absolute atomic E-state index is 0.125. The first-order valence-corrected chi connectivity index (χ1v) is 5.98. The number of nitrogens with zero attached hydrogens (tertiary/aromatic N) is 2. The lowest BCUT2D eigenvalue weighted by molar-refractivity contribution is 0.593. The van der Waals surface area contributed by atoms with Crippen molar-refractivity contribution in [1.29, 1.82) is 0 Å². The van der Waals surface area contributed by atoms with Gasteiger partial charge in [0.15, 0.2) is 0 Å². The van der Waals surface area contributed by atoms with Gasteiger partial charge >= 0.3 is 0 Å². The van der Waals surface area contributed by atoms with Crippen molar-refractivity contribution in [1.82, 2.24) is 9.55 Å². The van der Waals surface area contributed by atoms with E-state index >= 15 is 0 Å². The van der Waals surface area contributed by atoms with Crippen LogP contribution in [0.5, 0.6) is 0 Å². The number of benzene rings is 1. The molecule has 0 spiro atoms. The van der Waals surface area contributed by atoms with Gasteiger partial charge in [-0.3, -0.25) is 0 Å². The van der Waals surface area contributed by atoms with Gasteiger partial charge in [0.25, 0.3) is 0 Å². The zero-order valence-corrected chi connectivity index (χ0v) is 10.7. The van der Waals surface area contributed by atoms with Crippen molar-refractivity contribution >= 4 is 15.9 Å². The molecule has 2 rings (SSSR count). The zero-order valence-electron chi connectivity index (χ0n) is 9.10. The van der Waals surface area contributed by atoms with Crippen LogP contribution in [0.25, 0.3) is 11.3 Å². The molecule has 2 aromatic rings. The summed E-state index contributed by atoms with van der Waals surface area (Å²) in [5, 5.41) is 0. The Balaban J connectivity index is 2.37. The summed E-state index contributed by atoms with van der Waals surface area (Å²) >= 11 is 3.47. The molecule has 4 heteroatoms. The van der Waals surface area contributed by atoms with Crippen LogP contribution in [0, 0.1) is 0 Å². The number of imidazole rings is 1. The van der Waals surface area contributed by atoms with E-state index in [-0.39, 0.29) is 6.04 Å². The fourth-order valence-electron chi connectivity index (χ4n) is 1.66. The first kappa shape index (κ1) is 11.4. The standard InChI is InChI=1S/C12H14BrN3/c1-9(14)7-16-8-15-6-12(16)10-3-2-4-11(13)5-10/h2-6,8-9H,7,14H2,1H3. The first-order valence-electron chi connectivity index (χ1n) is 5.18. The molecule has 84 valence electrons. The average Bonchev–Trinajstić information content (AvgIpc) is 2.65. The second-order valence-corrected chi connectivity index (χ2v) is 4.83. The highest BCUT2D eigenvalue weighted by molar-refractivity contribution is 9.10. The van der Waals surface area contributed by atoms with Gasteiger partial charge in [0, 0.05) is 22.6 Å². The van der Waals surface area contributed by atoms with E-state index in [9.17, 15) is 0 Å². The van der Waals surface area contributed by atoms with E-state index in [0.717, 1.165) is 22.3 Å². The fourth-order valence-corrected chi connectivity index (χ4v) is 2.06. The number of nitrogens with two attached hydrogens (primary N) is 1. The summed E-state index contributed by atoms with van der Waals surface area (Å²) in [6.07, 6.45) is 3.68. The molecule has 0 aliphatic carbocycles. The Bertz CT molecular complexity index is 477. The van der Waals surface area contributed by atoms with Gasteiger partial charge in [-0.1, -0.05) is 28.1 Å². The molecule has 2 N–H and O–H groups in total. The predicted octanol–water partition coefficient (Wildman–Crippen LogP) is 2.66. The highest BCUT2D eigenvalue weighted by atomic mass is 79.9. The second-order valence-electron chi connectivity index (χ2n) is 3.92. The predicted molar refractivity (Wildman–Crippen MR) is 69.0 cm³/mol. The third kappa shape index (κ3) is 2.51. The van der Waals surface area contributed by atoms with E-state index in [4.69, 9.17) is 5.73 Å². The summed E-state index contributed by atoms with van der Waals surface area (Å²) in [5.74, 6) is 0.